The van der Waals surface area contributed by atoms with Crippen molar-refractivity contribution in [3.63, 3.8) is 0 Å². The van der Waals surface area contributed by atoms with E-state index in [0.717, 1.165) is 18.4 Å². The molecule has 1 aromatic rings. The summed E-state index contributed by atoms with van der Waals surface area (Å²) < 4.78 is 12.7. The summed E-state index contributed by atoms with van der Waals surface area (Å²) in [6, 6.07) is 5.60. The molecule has 2 aliphatic carbocycles. The normalized spacial score (nSPS) is 28.4. The van der Waals surface area contributed by atoms with Crippen LogP contribution in [0, 0.1) is 23.6 Å². The monoisotopic (exact) mass is 262 g/mol. The van der Waals surface area contributed by atoms with Crippen LogP contribution in [-0.4, -0.2) is 12.6 Å². The van der Waals surface area contributed by atoms with Gasteiger partial charge in [0.15, 0.2) is 0 Å². The van der Waals surface area contributed by atoms with E-state index in [1.807, 2.05) is 0 Å². The van der Waals surface area contributed by atoms with Gasteiger partial charge in [-0.25, -0.2) is 9.18 Å². The molecule has 1 aromatic carbocycles. The van der Waals surface area contributed by atoms with Crippen LogP contribution in [0.1, 0.15) is 25.7 Å². The van der Waals surface area contributed by atoms with Gasteiger partial charge in [-0.3, -0.25) is 0 Å². The van der Waals surface area contributed by atoms with Crippen LogP contribution in [0.15, 0.2) is 24.3 Å². The van der Waals surface area contributed by atoms with Crippen molar-refractivity contribution in [2.45, 2.75) is 25.7 Å². The summed E-state index contributed by atoms with van der Waals surface area (Å²) in [7, 11) is 0. The molecule has 3 atom stereocenters. The molecule has 2 bridgehead atoms. The summed E-state index contributed by atoms with van der Waals surface area (Å²) >= 11 is 0. The van der Waals surface area contributed by atoms with Crippen LogP contribution in [0.5, 0.6) is 0 Å². The number of rotatable bonds is 3. The number of carbonyl (C=O) groups is 1. The summed E-state index contributed by atoms with van der Waals surface area (Å²) in [4.78, 5) is 11.7. The summed E-state index contributed by atoms with van der Waals surface area (Å²) in [5.74, 6) is 2.07. The van der Waals surface area contributed by atoms with Crippen molar-refractivity contribution in [1.82, 2.24) is 5.32 Å². The third-order valence-corrected chi connectivity index (χ3v) is 4.51. The van der Waals surface area contributed by atoms with Gasteiger partial charge in [-0.05, 0) is 61.3 Å². The van der Waals surface area contributed by atoms with Crippen LogP contribution >= 0.6 is 0 Å². The summed E-state index contributed by atoms with van der Waals surface area (Å²) in [5, 5.41) is 5.65. The molecule has 102 valence electrons. The third-order valence-electron chi connectivity index (χ3n) is 4.51. The summed E-state index contributed by atoms with van der Waals surface area (Å²) in [5.41, 5.74) is 0.617. The van der Waals surface area contributed by atoms with Crippen LogP contribution in [0.3, 0.4) is 0 Å². The topological polar surface area (TPSA) is 41.1 Å². The second-order valence-corrected chi connectivity index (χ2v) is 5.78. The highest BCUT2D eigenvalue weighted by molar-refractivity contribution is 5.89. The Kier molecular flexibility index (Phi) is 3.40. The number of fused-ring (bicyclic) bond motifs is 2. The van der Waals surface area contributed by atoms with Gasteiger partial charge in [-0.2, -0.15) is 0 Å². The van der Waals surface area contributed by atoms with E-state index in [0.29, 0.717) is 11.6 Å². The maximum Gasteiger partial charge on any atom is 0.319 e. The number of halogens is 1. The van der Waals surface area contributed by atoms with Gasteiger partial charge >= 0.3 is 6.03 Å². The van der Waals surface area contributed by atoms with E-state index in [1.165, 1.54) is 37.8 Å². The van der Waals surface area contributed by atoms with Gasteiger partial charge in [0, 0.05) is 12.2 Å². The zero-order valence-corrected chi connectivity index (χ0v) is 10.9. The van der Waals surface area contributed by atoms with Gasteiger partial charge in [-0.15, -0.1) is 0 Å². The third kappa shape index (κ3) is 2.88. The van der Waals surface area contributed by atoms with E-state index in [2.05, 4.69) is 10.6 Å². The minimum atomic E-state index is -0.298. The molecule has 0 aromatic heterocycles. The van der Waals surface area contributed by atoms with Gasteiger partial charge in [0.1, 0.15) is 5.82 Å². The first-order valence-electron chi connectivity index (χ1n) is 7.01. The molecule has 2 amide bonds. The molecule has 0 unspecified atom stereocenters. The number of amides is 2. The van der Waals surface area contributed by atoms with Crippen molar-refractivity contribution >= 4 is 11.7 Å². The molecule has 3 nitrogen and oxygen atoms in total. The molecule has 0 saturated heterocycles. The first kappa shape index (κ1) is 12.5. The zero-order valence-electron chi connectivity index (χ0n) is 10.9. The lowest BCUT2D eigenvalue weighted by molar-refractivity contribution is 0.245. The minimum Gasteiger partial charge on any atom is -0.338 e. The van der Waals surface area contributed by atoms with Gasteiger partial charge in [0.05, 0.1) is 0 Å². The number of hydrogen-bond donors (Lipinski definition) is 2. The van der Waals surface area contributed by atoms with Gasteiger partial charge < -0.3 is 10.6 Å². The minimum absolute atomic E-state index is 0.200. The lowest BCUT2D eigenvalue weighted by Crippen LogP contribution is -2.34. The Morgan fingerprint density at radius 1 is 1.21 bits per heavy atom. The lowest BCUT2D eigenvalue weighted by Gasteiger charge is -2.21. The number of hydrogen-bond acceptors (Lipinski definition) is 1. The van der Waals surface area contributed by atoms with Crippen LogP contribution in [0.4, 0.5) is 14.9 Å². The Hall–Kier alpha value is -1.58. The Morgan fingerprint density at radius 2 is 2.00 bits per heavy atom. The molecule has 19 heavy (non-hydrogen) atoms. The summed E-state index contributed by atoms with van der Waals surface area (Å²) in [6.45, 7) is 0.758. The number of carbonyl (C=O) groups excluding carboxylic acids is 1. The van der Waals surface area contributed by atoms with E-state index in [4.69, 9.17) is 0 Å². The van der Waals surface area contributed by atoms with Crippen LogP contribution in [-0.2, 0) is 0 Å². The maximum absolute atomic E-state index is 12.7. The molecule has 0 radical (unpaired) electrons. The number of anilines is 1. The molecule has 2 N–H and O–H groups in total. The molecule has 2 fully saturated rings. The molecular weight excluding hydrogens is 243 g/mol. The number of urea groups is 1. The Labute approximate surface area is 112 Å². The molecule has 2 saturated carbocycles. The van der Waals surface area contributed by atoms with E-state index < -0.39 is 0 Å². The molecular formula is C15H19FN2O. The smallest absolute Gasteiger partial charge is 0.319 e. The second-order valence-electron chi connectivity index (χ2n) is 5.78. The molecule has 0 heterocycles. The highest BCUT2D eigenvalue weighted by atomic mass is 19.1. The largest absolute Gasteiger partial charge is 0.338 e. The average Bonchev–Trinajstić information content (AvgIpc) is 3.01. The maximum atomic E-state index is 12.7. The van der Waals surface area contributed by atoms with E-state index >= 15 is 0 Å². The van der Waals surface area contributed by atoms with E-state index in [-0.39, 0.29) is 11.8 Å². The average molecular weight is 262 g/mol. The first-order chi connectivity index (χ1) is 9.20. The van der Waals surface area contributed by atoms with Crippen molar-refractivity contribution in [2.75, 3.05) is 11.9 Å². The molecule has 2 aliphatic rings. The molecule has 0 aliphatic heterocycles. The second kappa shape index (κ2) is 5.19. The molecule has 0 spiro atoms. The number of benzene rings is 1. The van der Waals surface area contributed by atoms with Crippen LogP contribution in [0.2, 0.25) is 0 Å². The lowest BCUT2D eigenvalue weighted by atomic mass is 9.89. The van der Waals surface area contributed by atoms with Gasteiger partial charge in [-0.1, -0.05) is 6.42 Å². The van der Waals surface area contributed by atoms with E-state index in [9.17, 15) is 9.18 Å². The fourth-order valence-corrected chi connectivity index (χ4v) is 3.56. The Morgan fingerprint density at radius 3 is 2.63 bits per heavy atom. The van der Waals surface area contributed by atoms with Crippen molar-refractivity contribution < 1.29 is 9.18 Å². The van der Waals surface area contributed by atoms with Crippen LogP contribution < -0.4 is 10.6 Å². The fourth-order valence-electron chi connectivity index (χ4n) is 3.56. The van der Waals surface area contributed by atoms with Crippen molar-refractivity contribution in [1.29, 1.82) is 0 Å². The predicted molar refractivity (Wildman–Crippen MR) is 72.4 cm³/mol. The zero-order chi connectivity index (χ0) is 13.2. The van der Waals surface area contributed by atoms with Gasteiger partial charge in [0.2, 0.25) is 0 Å². The van der Waals surface area contributed by atoms with Crippen molar-refractivity contribution in [3.8, 4) is 0 Å². The Balaban J connectivity index is 1.45. The predicted octanol–water partition coefficient (Wildman–Crippen LogP) is 3.38. The van der Waals surface area contributed by atoms with Crippen molar-refractivity contribution in [2.24, 2.45) is 17.8 Å². The standard InChI is InChI=1S/C15H19FN2O/c16-13-3-5-14(6-4-13)18-15(19)17-9-12-8-10-1-2-11(12)7-10/h3-6,10-12H,1-2,7-9H2,(H2,17,18,19)/t10-,11+,12-/m0/s1. The van der Waals surface area contributed by atoms with E-state index in [1.54, 1.807) is 12.1 Å². The highest BCUT2D eigenvalue weighted by Crippen LogP contribution is 2.47. The number of nitrogens with one attached hydrogen (secondary N) is 2. The Bertz CT molecular complexity index is 460. The fraction of sp³-hybridized carbons (Fsp3) is 0.533. The first-order valence-corrected chi connectivity index (χ1v) is 7.01. The molecule has 4 heteroatoms. The van der Waals surface area contributed by atoms with Crippen LogP contribution in [0.25, 0.3) is 0 Å². The van der Waals surface area contributed by atoms with Gasteiger partial charge in [0.25, 0.3) is 0 Å². The molecule has 3 rings (SSSR count). The summed E-state index contributed by atoms with van der Waals surface area (Å²) in [6.07, 6.45) is 5.33. The SMILES string of the molecule is O=C(NC[C@@H]1C[C@H]2CC[C@@H]1C2)Nc1ccc(F)cc1. The highest BCUT2D eigenvalue weighted by Gasteiger charge is 2.39. The van der Waals surface area contributed by atoms with Crippen molar-refractivity contribution in [3.05, 3.63) is 30.1 Å². The quantitative estimate of drug-likeness (QED) is 0.861.